The molecule has 2 aromatic rings. The van der Waals surface area contributed by atoms with Crippen LogP contribution >= 0.6 is 11.8 Å². The van der Waals surface area contributed by atoms with Gasteiger partial charge in [0.2, 0.25) is 5.91 Å². The van der Waals surface area contributed by atoms with E-state index in [2.05, 4.69) is 5.32 Å². The molecule has 1 unspecified atom stereocenters. The molecule has 0 aliphatic carbocycles. The third-order valence-corrected chi connectivity index (χ3v) is 3.90. The molecule has 0 saturated heterocycles. The van der Waals surface area contributed by atoms with Crippen LogP contribution in [0.3, 0.4) is 0 Å². The Kier molecular flexibility index (Phi) is 5.10. The molecule has 4 heteroatoms. The van der Waals surface area contributed by atoms with Gasteiger partial charge in [-0.3, -0.25) is 4.79 Å². The summed E-state index contributed by atoms with van der Waals surface area (Å²) in [5, 5.41) is 2.85. The van der Waals surface area contributed by atoms with Crippen LogP contribution in [-0.2, 0) is 17.1 Å². The first kappa shape index (κ1) is 13.7. The van der Waals surface area contributed by atoms with E-state index >= 15 is 0 Å². The van der Waals surface area contributed by atoms with E-state index in [9.17, 15) is 4.79 Å². The highest BCUT2D eigenvalue weighted by atomic mass is 32.2. The zero-order valence-corrected chi connectivity index (χ0v) is 11.7. The van der Waals surface area contributed by atoms with Crippen molar-refractivity contribution in [1.29, 1.82) is 0 Å². The number of hydrogen-bond donors (Lipinski definition) is 1. The number of nitrogens with one attached hydrogen (secondary N) is 1. The zero-order valence-electron chi connectivity index (χ0n) is 10.8. The van der Waals surface area contributed by atoms with Crippen LogP contribution in [0.25, 0.3) is 0 Å². The van der Waals surface area contributed by atoms with E-state index in [1.165, 1.54) is 0 Å². The van der Waals surface area contributed by atoms with Gasteiger partial charge in [-0.2, -0.15) is 0 Å². The van der Waals surface area contributed by atoms with E-state index in [1.54, 1.807) is 18.0 Å². The Balaban J connectivity index is 1.73. The number of carbonyl (C=O) groups excluding carboxylic acids is 1. The molecule has 100 valence electrons. The molecule has 0 fully saturated rings. The summed E-state index contributed by atoms with van der Waals surface area (Å²) in [6.07, 6.45) is 1.65. The largest absolute Gasteiger partial charge is 0.468 e. The minimum Gasteiger partial charge on any atom is -0.468 e. The van der Waals surface area contributed by atoms with E-state index < -0.39 is 0 Å². The summed E-state index contributed by atoms with van der Waals surface area (Å²) in [7, 11) is 0. The van der Waals surface area contributed by atoms with Crippen LogP contribution in [0.15, 0.2) is 53.1 Å². The number of rotatable bonds is 6. The van der Waals surface area contributed by atoms with E-state index in [4.69, 9.17) is 4.42 Å². The lowest BCUT2D eigenvalue weighted by atomic mass is 10.2. The molecule has 0 bridgehead atoms. The molecule has 1 atom stereocenters. The maximum absolute atomic E-state index is 11.9. The van der Waals surface area contributed by atoms with Gasteiger partial charge < -0.3 is 9.73 Å². The predicted molar refractivity (Wildman–Crippen MR) is 77.8 cm³/mol. The lowest BCUT2D eigenvalue weighted by molar-refractivity contribution is -0.120. The van der Waals surface area contributed by atoms with Crippen molar-refractivity contribution in [1.82, 2.24) is 5.32 Å². The molecule has 3 nitrogen and oxygen atoms in total. The fourth-order valence-corrected chi connectivity index (χ4v) is 2.42. The summed E-state index contributed by atoms with van der Waals surface area (Å²) in [4.78, 5) is 11.9. The highest BCUT2D eigenvalue weighted by Gasteiger charge is 2.13. The Morgan fingerprint density at radius 2 is 2.05 bits per heavy atom. The highest BCUT2D eigenvalue weighted by Crippen LogP contribution is 2.18. The van der Waals surface area contributed by atoms with Crippen molar-refractivity contribution >= 4 is 17.7 Å². The lowest BCUT2D eigenvalue weighted by Gasteiger charge is -2.11. The quantitative estimate of drug-likeness (QED) is 0.880. The molecule has 0 saturated carbocycles. The maximum atomic E-state index is 11.9. The topological polar surface area (TPSA) is 42.2 Å². The molecule has 1 N–H and O–H groups in total. The Bertz CT molecular complexity index is 496. The summed E-state index contributed by atoms with van der Waals surface area (Å²) in [6.45, 7) is 2.49. The third kappa shape index (κ3) is 4.48. The minimum atomic E-state index is -0.0891. The van der Waals surface area contributed by atoms with Crippen LogP contribution in [0.5, 0.6) is 0 Å². The fraction of sp³-hybridized carbons (Fsp3) is 0.267. The molecule has 19 heavy (non-hydrogen) atoms. The molecule has 0 aliphatic rings. The molecule has 1 heterocycles. The fourth-order valence-electron chi connectivity index (χ4n) is 1.61. The minimum absolute atomic E-state index is 0.0559. The van der Waals surface area contributed by atoms with Gasteiger partial charge in [-0.1, -0.05) is 30.3 Å². The Morgan fingerprint density at radius 3 is 2.74 bits per heavy atom. The van der Waals surface area contributed by atoms with Gasteiger partial charge in [0.25, 0.3) is 0 Å². The number of furan rings is 1. The molecular formula is C15H17NO2S. The van der Waals surface area contributed by atoms with Crippen LogP contribution in [0.4, 0.5) is 0 Å². The maximum Gasteiger partial charge on any atom is 0.233 e. The molecule has 1 aromatic carbocycles. The first-order chi connectivity index (χ1) is 9.25. The van der Waals surface area contributed by atoms with Crippen LogP contribution in [-0.4, -0.2) is 11.2 Å². The number of carbonyl (C=O) groups is 1. The second kappa shape index (κ2) is 7.04. The molecule has 1 amide bonds. The molecule has 1 aromatic heterocycles. The summed E-state index contributed by atoms with van der Waals surface area (Å²) >= 11 is 1.57. The van der Waals surface area contributed by atoms with Crippen molar-refractivity contribution in [3.05, 3.63) is 60.1 Å². The molecular weight excluding hydrogens is 258 g/mol. The lowest BCUT2D eigenvalue weighted by Crippen LogP contribution is -2.30. The molecule has 2 rings (SSSR count). The molecule has 0 spiro atoms. The van der Waals surface area contributed by atoms with E-state index in [-0.39, 0.29) is 11.2 Å². The van der Waals surface area contributed by atoms with Gasteiger partial charge in [0.15, 0.2) is 0 Å². The number of hydrogen-bond acceptors (Lipinski definition) is 3. The molecule has 0 radical (unpaired) electrons. The number of amides is 1. The first-order valence-electron chi connectivity index (χ1n) is 6.21. The van der Waals surface area contributed by atoms with Crippen LogP contribution in [0.1, 0.15) is 18.2 Å². The normalized spacial score (nSPS) is 12.1. The summed E-state index contributed by atoms with van der Waals surface area (Å²) < 4.78 is 5.24. The number of benzene rings is 1. The summed E-state index contributed by atoms with van der Waals surface area (Å²) in [5.41, 5.74) is 1.11. The average molecular weight is 275 g/mol. The third-order valence-electron chi connectivity index (χ3n) is 2.73. The van der Waals surface area contributed by atoms with Gasteiger partial charge in [0, 0.05) is 6.54 Å². The van der Waals surface area contributed by atoms with Gasteiger partial charge in [-0.25, -0.2) is 0 Å². The van der Waals surface area contributed by atoms with Gasteiger partial charge >= 0.3 is 0 Å². The van der Waals surface area contributed by atoms with Crippen molar-refractivity contribution in [3.8, 4) is 0 Å². The SMILES string of the molecule is CC(SCc1ccco1)C(=O)NCc1ccccc1. The Morgan fingerprint density at radius 1 is 1.26 bits per heavy atom. The van der Waals surface area contributed by atoms with Gasteiger partial charge in [-0.05, 0) is 24.6 Å². The standard InChI is InChI=1S/C15H17NO2S/c1-12(19-11-14-8-5-9-18-14)15(17)16-10-13-6-3-2-4-7-13/h2-9,12H,10-11H2,1H3,(H,16,17). The first-order valence-corrected chi connectivity index (χ1v) is 7.26. The molecule has 0 aliphatic heterocycles. The van der Waals surface area contributed by atoms with Crippen molar-refractivity contribution in [2.75, 3.05) is 0 Å². The van der Waals surface area contributed by atoms with E-state index in [0.717, 1.165) is 11.3 Å². The monoisotopic (exact) mass is 275 g/mol. The van der Waals surface area contributed by atoms with Crippen LogP contribution in [0.2, 0.25) is 0 Å². The van der Waals surface area contributed by atoms with Gasteiger partial charge in [-0.15, -0.1) is 11.8 Å². The van der Waals surface area contributed by atoms with E-state index in [1.807, 2.05) is 49.4 Å². The van der Waals surface area contributed by atoms with Crippen molar-refractivity contribution in [3.63, 3.8) is 0 Å². The van der Waals surface area contributed by atoms with Crippen molar-refractivity contribution in [2.45, 2.75) is 24.5 Å². The second-order valence-corrected chi connectivity index (χ2v) is 5.57. The van der Waals surface area contributed by atoms with Crippen molar-refractivity contribution in [2.24, 2.45) is 0 Å². The smallest absolute Gasteiger partial charge is 0.233 e. The Hall–Kier alpha value is -1.68. The highest BCUT2D eigenvalue weighted by molar-refractivity contribution is 7.99. The van der Waals surface area contributed by atoms with Gasteiger partial charge in [0.05, 0.1) is 17.3 Å². The van der Waals surface area contributed by atoms with Crippen molar-refractivity contribution < 1.29 is 9.21 Å². The zero-order chi connectivity index (χ0) is 13.5. The van der Waals surface area contributed by atoms with Gasteiger partial charge in [0.1, 0.15) is 5.76 Å². The van der Waals surface area contributed by atoms with Crippen LogP contribution in [0, 0.1) is 0 Å². The Labute approximate surface area is 117 Å². The summed E-state index contributed by atoms with van der Waals surface area (Å²) in [6, 6.07) is 13.7. The average Bonchev–Trinajstić information content (AvgIpc) is 2.96. The summed E-state index contributed by atoms with van der Waals surface area (Å²) in [5.74, 6) is 1.67. The van der Waals surface area contributed by atoms with E-state index in [0.29, 0.717) is 12.3 Å². The predicted octanol–water partition coefficient (Wildman–Crippen LogP) is 3.22. The van der Waals surface area contributed by atoms with Crippen LogP contribution < -0.4 is 5.32 Å². The second-order valence-electron chi connectivity index (χ2n) is 4.24. The number of thioether (sulfide) groups is 1.